The number of amides is 1. The normalized spacial score (nSPS) is 10.5. The van der Waals surface area contributed by atoms with Crippen LogP contribution in [0.1, 0.15) is 27.5 Å². The minimum Gasteiger partial charge on any atom is -0.465 e. The van der Waals surface area contributed by atoms with Gasteiger partial charge in [0.05, 0.1) is 12.7 Å². The van der Waals surface area contributed by atoms with E-state index < -0.39 is 5.97 Å². The van der Waals surface area contributed by atoms with Crippen LogP contribution in [0.3, 0.4) is 0 Å². The first-order valence-electron chi connectivity index (χ1n) is 9.09. The van der Waals surface area contributed by atoms with Gasteiger partial charge in [0.1, 0.15) is 6.04 Å². The predicted molar refractivity (Wildman–Crippen MR) is 108 cm³/mol. The van der Waals surface area contributed by atoms with E-state index in [0.29, 0.717) is 11.3 Å². The summed E-state index contributed by atoms with van der Waals surface area (Å²) < 4.78 is 4.67. The lowest BCUT2D eigenvalue weighted by Crippen LogP contribution is -2.87. The monoisotopic (exact) mass is 375 g/mol. The number of carbonyl (C=O) groups is 2. The molecule has 0 saturated heterocycles. The van der Waals surface area contributed by atoms with Crippen molar-refractivity contribution in [2.75, 3.05) is 19.0 Å². The first-order valence-corrected chi connectivity index (χ1v) is 9.09. The van der Waals surface area contributed by atoms with Crippen molar-refractivity contribution in [1.82, 2.24) is 0 Å². The summed E-state index contributed by atoms with van der Waals surface area (Å²) in [6.45, 7) is 0.271. The van der Waals surface area contributed by atoms with Gasteiger partial charge in [-0.2, -0.15) is 0 Å². The quantitative estimate of drug-likeness (QED) is 0.624. The lowest BCUT2D eigenvalue weighted by Gasteiger charge is -2.16. The number of nitrogens with one attached hydrogen (secondary N) is 1. The molecule has 0 bridgehead atoms. The molecule has 5 nitrogen and oxygen atoms in total. The molecular weight excluding hydrogens is 352 g/mol. The van der Waals surface area contributed by atoms with Crippen LogP contribution >= 0.6 is 0 Å². The Balaban J connectivity index is 1.65. The molecule has 0 saturated carbocycles. The molecule has 0 aliphatic heterocycles. The molecule has 5 heteroatoms. The van der Waals surface area contributed by atoms with Crippen LogP contribution in [-0.2, 0) is 9.53 Å². The van der Waals surface area contributed by atoms with E-state index in [1.165, 1.54) is 7.11 Å². The summed E-state index contributed by atoms with van der Waals surface area (Å²) in [6.07, 6.45) is 0. The average Bonchev–Trinajstić information content (AvgIpc) is 2.75. The van der Waals surface area contributed by atoms with Gasteiger partial charge >= 0.3 is 5.97 Å². The molecule has 28 heavy (non-hydrogen) atoms. The van der Waals surface area contributed by atoms with Gasteiger partial charge < -0.3 is 15.4 Å². The highest BCUT2D eigenvalue weighted by atomic mass is 16.5. The largest absolute Gasteiger partial charge is 0.465 e. The van der Waals surface area contributed by atoms with Gasteiger partial charge in [-0.25, -0.2) is 4.79 Å². The van der Waals surface area contributed by atoms with Crippen molar-refractivity contribution in [2.24, 2.45) is 0 Å². The molecule has 1 amide bonds. The van der Waals surface area contributed by atoms with Crippen molar-refractivity contribution >= 4 is 17.6 Å². The Labute approximate surface area is 164 Å². The second kappa shape index (κ2) is 9.48. The summed E-state index contributed by atoms with van der Waals surface area (Å²) >= 11 is 0. The SMILES string of the molecule is COC(=O)c1ccc(NC(=O)C[NH2+]C(c2ccccc2)c2ccccc2)cc1. The standard InChI is InChI=1S/C23H22N2O3/c1-28-23(27)19-12-14-20(15-13-19)25-21(26)16-24-22(17-8-4-2-5-9-17)18-10-6-3-7-11-18/h2-15,22,24H,16H2,1H3,(H,25,26)/p+1. The van der Waals surface area contributed by atoms with Gasteiger partial charge in [0.25, 0.3) is 5.91 Å². The van der Waals surface area contributed by atoms with Crippen molar-refractivity contribution < 1.29 is 19.6 Å². The predicted octanol–water partition coefficient (Wildman–Crippen LogP) is 2.76. The first kappa shape index (κ1) is 19.3. The Morgan fingerprint density at radius 3 is 1.89 bits per heavy atom. The molecule has 0 radical (unpaired) electrons. The van der Waals surface area contributed by atoms with Crippen LogP contribution in [0.2, 0.25) is 0 Å². The summed E-state index contributed by atoms with van der Waals surface area (Å²) in [5, 5.41) is 4.88. The second-order valence-corrected chi connectivity index (χ2v) is 6.36. The Kier molecular flexibility index (Phi) is 6.54. The molecule has 3 N–H and O–H groups in total. The fraction of sp³-hybridized carbons (Fsp3) is 0.130. The molecule has 3 rings (SSSR count). The molecule has 0 unspecified atom stereocenters. The van der Waals surface area contributed by atoms with Crippen molar-refractivity contribution in [1.29, 1.82) is 0 Å². The minimum atomic E-state index is -0.403. The van der Waals surface area contributed by atoms with Crippen LogP contribution in [0.5, 0.6) is 0 Å². The van der Waals surface area contributed by atoms with Gasteiger partial charge in [-0.15, -0.1) is 0 Å². The van der Waals surface area contributed by atoms with Crippen LogP contribution in [0.15, 0.2) is 84.9 Å². The number of methoxy groups -OCH3 is 1. The molecule has 0 spiro atoms. The van der Waals surface area contributed by atoms with Gasteiger partial charge in [0.2, 0.25) is 0 Å². The van der Waals surface area contributed by atoms with E-state index in [-0.39, 0.29) is 18.5 Å². The third-order valence-corrected chi connectivity index (χ3v) is 4.45. The van der Waals surface area contributed by atoms with Crippen LogP contribution in [0.25, 0.3) is 0 Å². The zero-order chi connectivity index (χ0) is 19.8. The Morgan fingerprint density at radius 1 is 0.857 bits per heavy atom. The minimum absolute atomic E-state index is 0.0369. The maximum absolute atomic E-state index is 12.4. The number of quaternary nitrogens is 1. The number of anilines is 1. The van der Waals surface area contributed by atoms with Crippen LogP contribution in [0, 0.1) is 0 Å². The number of hydrogen-bond donors (Lipinski definition) is 2. The highest BCUT2D eigenvalue weighted by Crippen LogP contribution is 2.17. The van der Waals surface area contributed by atoms with Crippen LogP contribution < -0.4 is 10.6 Å². The average molecular weight is 375 g/mol. The number of ether oxygens (including phenoxy) is 1. The van der Waals surface area contributed by atoms with Crippen molar-refractivity contribution in [3.05, 3.63) is 102 Å². The van der Waals surface area contributed by atoms with E-state index in [0.717, 1.165) is 11.1 Å². The third kappa shape index (κ3) is 5.05. The molecule has 142 valence electrons. The molecular formula is C23H23N2O3+. The molecule has 0 aliphatic rings. The molecule has 0 aliphatic carbocycles. The van der Waals surface area contributed by atoms with Gasteiger partial charge in [0.15, 0.2) is 6.54 Å². The van der Waals surface area contributed by atoms with Gasteiger partial charge in [-0.05, 0) is 24.3 Å². The van der Waals surface area contributed by atoms with Crippen LogP contribution in [-0.4, -0.2) is 25.5 Å². The smallest absolute Gasteiger partial charge is 0.337 e. The molecule has 0 heterocycles. The number of rotatable bonds is 7. The summed E-state index contributed by atoms with van der Waals surface area (Å²) in [5.41, 5.74) is 3.37. The molecule has 3 aromatic rings. The number of hydrogen-bond acceptors (Lipinski definition) is 3. The summed E-state index contributed by atoms with van der Waals surface area (Å²) in [7, 11) is 1.34. The third-order valence-electron chi connectivity index (χ3n) is 4.45. The first-order chi connectivity index (χ1) is 13.7. The molecule has 0 fully saturated rings. The fourth-order valence-corrected chi connectivity index (χ4v) is 3.03. The number of nitrogens with two attached hydrogens (primary N) is 1. The summed E-state index contributed by atoms with van der Waals surface area (Å²) in [5.74, 6) is -0.512. The molecule has 3 aromatic carbocycles. The highest BCUT2D eigenvalue weighted by Gasteiger charge is 2.18. The van der Waals surface area contributed by atoms with Gasteiger partial charge in [0, 0.05) is 16.8 Å². The zero-order valence-electron chi connectivity index (χ0n) is 15.7. The van der Waals surface area contributed by atoms with E-state index in [2.05, 4.69) is 34.3 Å². The maximum atomic E-state index is 12.4. The Hall–Kier alpha value is -3.44. The Morgan fingerprint density at radius 2 is 1.39 bits per heavy atom. The van der Waals surface area contributed by atoms with E-state index >= 15 is 0 Å². The van der Waals surface area contributed by atoms with E-state index in [4.69, 9.17) is 0 Å². The lowest BCUT2D eigenvalue weighted by atomic mass is 9.99. The highest BCUT2D eigenvalue weighted by molar-refractivity contribution is 5.93. The topological polar surface area (TPSA) is 72.0 Å². The summed E-state index contributed by atoms with van der Waals surface area (Å²) in [6, 6.07) is 26.9. The van der Waals surface area contributed by atoms with E-state index in [1.54, 1.807) is 24.3 Å². The van der Waals surface area contributed by atoms with E-state index in [9.17, 15) is 9.59 Å². The number of carbonyl (C=O) groups excluding carboxylic acids is 2. The Bertz CT molecular complexity index is 870. The molecule has 0 atom stereocenters. The van der Waals surface area contributed by atoms with E-state index in [1.807, 2.05) is 41.7 Å². The maximum Gasteiger partial charge on any atom is 0.337 e. The van der Waals surface area contributed by atoms with Gasteiger partial charge in [-0.3, -0.25) is 4.79 Å². The zero-order valence-corrected chi connectivity index (χ0v) is 15.7. The molecule has 0 aromatic heterocycles. The number of esters is 1. The van der Waals surface area contributed by atoms with Crippen LogP contribution in [0.4, 0.5) is 5.69 Å². The fourth-order valence-electron chi connectivity index (χ4n) is 3.03. The number of benzene rings is 3. The van der Waals surface area contributed by atoms with Crippen molar-refractivity contribution in [2.45, 2.75) is 6.04 Å². The van der Waals surface area contributed by atoms with Crippen molar-refractivity contribution in [3.63, 3.8) is 0 Å². The van der Waals surface area contributed by atoms with Crippen molar-refractivity contribution in [3.8, 4) is 0 Å². The summed E-state index contributed by atoms with van der Waals surface area (Å²) in [4.78, 5) is 23.9. The second-order valence-electron chi connectivity index (χ2n) is 6.36. The van der Waals surface area contributed by atoms with Gasteiger partial charge in [-0.1, -0.05) is 60.7 Å². The lowest BCUT2D eigenvalue weighted by molar-refractivity contribution is -0.676.